The molecule has 100 valence electrons. The van der Waals surface area contributed by atoms with Gasteiger partial charge in [0.05, 0.1) is 11.4 Å². The fourth-order valence-electron chi connectivity index (χ4n) is 1.78. The summed E-state index contributed by atoms with van der Waals surface area (Å²) in [6.45, 7) is 6.61. The molecule has 1 aromatic rings. The summed E-state index contributed by atoms with van der Waals surface area (Å²) in [4.78, 5) is 4.37. The standard InChI is InChI=1S/C14H22N2O2/c1-13(2,3)15-9-11(17)10-5-4-6-12(16-10)14(18)7-8-14/h4-6,11,15,17-18H,7-9H2,1-3H3. The van der Waals surface area contributed by atoms with Crippen LogP contribution < -0.4 is 5.32 Å². The van der Waals surface area contributed by atoms with E-state index >= 15 is 0 Å². The lowest BCUT2D eigenvalue weighted by Crippen LogP contribution is -2.38. The Kier molecular flexibility index (Phi) is 3.45. The molecule has 4 nitrogen and oxygen atoms in total. The van der Waals surface area contributed by atoms with Gasteiger partial charge in [-0.25, -0.2) is 0 Å². The van der Waals surface area contributed by atoms with Gasteiger partial charge in [0.25, 0.3) is 0 Å². The number of nitrogens with zero attached hydrogens (tertiary/aromatic N) is 1. The van der Waals surface area contributed by atoms with Crippen LogP contribution in [-0.2, 0) is 5.60 Å². The molecule has 4 heteroatoms. The Labute approximate surface area is 108 Å². The molecule has 1 atom stereocenters. The van der Waals surface area contributed by atoms with Crippen molar-refractivity contribution in [3.63, 3.8) is 0 Å². The zero-order chi connectivity index (χ0) is 13.4. The zero-order valence-corrected chi connectivity index (χ0v) is 11.3. The number of aliphatic hydroxyl groups is 2. The van der Waals surface area contributed by atoms with Gasteiger partial charge in [-0.3, -0.25) is 4.98 Å². The molecule has 1 unspecified atom stereocenters. The summed E-state index contributed by atoms with van der Waals surface area (Å²) in [6, 6.07) is 5.46. The topological polar surface area (TPSA) is 65.4 Å². The second-order valence-corrected chi connectivity index (χ2v) is 6.13. The molecule has 0 aliphatic heterocycles. The van der Waals surface area contributed by atoms with Crippen molar-refractivity contribution < 1.29 is 10.2 Å². The minimum atomic E-state index is -0.743. The molecule has 2 rings (SSSR count). The predicted molar refractivity (Wildman–Crippen MR) is 70.1 cm³/mol. The number of aromatic nitrogens is 1. The fourth-order valence-corrected chi connectivity index (χ4v) is 1.78. The third kappa shape index (κ3) is 3.28. The lowest BCUT2D eigenvalue weighted by molar-refractivity contribution is 0.140. The Balaban J connectivity index is 2.04. The van der Waals surface area contributed by atoms with Crippen LogP contribution >= 0.6 is 0 Å². The predicted octanol–water partition coefficient (Wildman–Crippen LogP) is 1.48. The van der Waals surface area contributed by atoms with E-state index in [4.69, 9.17) is 0 Å². The van der Waals surface area contributed by atoms with Crippen molar-refractivity contribution in [1.82, 2.24) is 10.3 Å². The smallest absolute Gasteiger partial charge is 0.108 e. The van der Waals surface area contributed by atoms with Crippen LogP contribution in [0.1, 0.15) is 51.1 Å². The molecule has 0 spiro atoms. The van der Waals surface area contributed by atoms with Gasteiger partial charge in [-0.2, -0.15) is 0 Å². The number of aliphatic hydroxyl groups excluding tert-OH is 1. The van der Waals surface area contributed by atoms with Crippen molar-refractivity contribution >= 4 is 0 Å². The van der Waals surface area contributed by atoms with Crippen LogP contribution in [0.2, 0.25) is 0 Å². The molecule has 3 N–H and O–H groups in total. The lowest BCUT2D eigenvalue weighted by Gasteiger charge is -2.23. The Hall–Kier alpha value is -0.970. The van der Waals surface area contributed by atoms with Gasteiger partial charge in [-0.05, 0) is 45.7 Å². The molecule has 0 amide bonds. The summed E-state index contributed by atoms with van der Waals surface area (Å²) >= 11 is 0. The molecule has 0 saturated heterocycles. The minimum absolute atomic E-state index is 0.0344. The van der Waals surface area contributed by atoms with Gasteiger partial charge in [0, 0.05) is 12.1 Å². The Morgan fingerprint density at radius 1 is 1.39 bits per heavy atom. The summed E-state index contributed by atoms with van der Waals surface area (Å²) in [5, 5.41) is 23.3. The largest absolute Gasteiger partial charge is 0.385 e. The fraction of sp³-hybridized carbons (Fsp3) is 0.643. The average molecular weight is 250 g/mol. The van der Waals surface area contributed by atoms with Gasteiger partial charge in [-0.15, -0.1) is 0 Å². The van der Waals surface area contributed by atoms with Crippen LogP contribution in [0.4, 0.5) is 0 Å². The SMILES string of the molecule is CC(C)(C)NCC(O)c1cccc(C2(O)CC2)n1. The highest BCUT2D eigenvalue weighted by Gasteiger charge is 2.43. The van der Waals surface area contributed by atoms with E-state index in [1.807, 2.05) is 12.1 Å². The molecule has 18 heavy (non-hydrogen) atoms. The van der Waals surface area contributed by atoms with Crippen molar-refractivity contribution in [1.29, 1.82) is 0 Å². The van der Waals surface area contributed by atoms with Crippen molar-refractivity contribution in [2.75, 3.05) is 6.54 Å². The average Bonchev–Trinajstić information content (AvgIpc) is 3.05. The van der Waals surface area contributed by atoms with E-state index in [9.17, 15) is 10.2 Å². The summed E-state index contributed by atoms with van der Waals surface area (Å²) in [7, 11) is 0. The molecular formula is C14H22N2O2. The minimum Gasteiger partial charge on any atom is -0.385 e. The Bertz CT molecular complexity index is 422. The first-order valence-electron chi connectivity index (χ1n) is 6.43. The molecule has 1 fully saturated rings. The molecule has 1 heterocycles. The molecule has 1 saturated carbocycles. The molecule has 1 aliphatic rings. The molecule has 0 bridgehead atoms. The highest BCUT2D eigenvalue weighted by molar-refractivity contribution is 5.23. The first kappa shape index (κ1) is 13.5. The van der Waals surface area contributed by atoms with Gasteiger partial charge in [0.1, 0.15) is 11.7 Å². The maximum absolute atomic E-state index is 10.1. The van der Waals surface area contributed by atoms with Crippen molar-refractivity contribution in [3.8, 4) is 0 Å². The monoisotopic (exact) mass is 250 g/mol. The van der Waals surface area contributed by atoms with Crippen LogP contribution in [0.25, 0.3) is 0 Å². The van der Waals surface area contributed by atoms with Gasteiger partial charge < -0.3 is 15.5 Å². The molecular weight excluding hydrogens is 228 g/mol. The van der Waals surface area contributed by atoms with Crippen LogP contribution in [0.5, 0.6) is 0 Å². The number of nitrogens with one attached hydrogen (secondary N) is 1. The summed E-state index contributed by atoms with van der Waals surface area (Å²) in [6.07, 6.45) is 0.881. The second kappa shape index (κ2) is 4.61. The Morgan fingerprint density at radius 3 is 2.61 bits per heavy atom. The summed E-state index contributed by atoms with van der Waals surface area (Å²) in [5.41, 5.74) is 0.514. The highest BCUT2D eigenvalue weighted by Crippen LogP contribution is 2.44. The zero-order valence-electron chi connectivity index (χ0n) is 11.3. The van der Waals surface area contributed by atoms with E-state index in [2.05, 4.69) is 31.1 Å². The van der Waals surface area contributed by atoms with Gasteiger partial charge in [-0.1, -0.05) is 6.07 Å². The first-order valence-corrected chi connectivity index (χ1v) is 6.43. The van der Waals surface area contributed by atoms with Gasteiger partial charge in [0.2, 0.25) is 0 Å². The number of β-amino-alcohol motifs (C(OH)–C–C–N with tert-alkyl or cyclic N) is 1. The van der Waals surface area contributed by atoms with Crippen molar-refractivity contribution in [2.45, 2.75) is 50.9 Å². The van der Waals surface area contributed by atoms with E-state index in [0.717, 1.165) is 12.8 Å². The van der Waals surface area contributed by atoms with Crippen LogP contribution in [0.15, 0.2) is 18.2 Å². The van der Waals surface area contributed by atoms with Gasteiger partial charge >= 0.3 is 0 Å². The maximum atomic E-state index is 10.1. The number of hydrogen-bond acceptors (Lipinski definition) is 4. The first-order chi connectivity index (χ1) is 8.30. The van der Waals surface area contributed by atoms with Crippen LogP contribution in [0.3, 0.4) is 0 Å². The normalized spacial score (nSPS) is 19.6. The molecule has 0 radical (unpaired) electrons. The summed E-state index contributed by atoms with van der Waals surface area (Å²) in [5.74, 6) is 0. The molecule has 1 aromatic heterocycles. The molecule has 1 aliphatic carbocycles. The summed E-state index contributed by atoms with van der Waals surface area (Å²) < 4.78 is 0. The third-order valence-corrected chi connectivity index (χ3v) is 3.14. The third-order valence-electron chi connectivity index (χ3n) is 3.14. The second-order valence-electron chi connectivity index (χ2n) is 6.13. The van der Waals surface area contributed by atoms with E-state index in [-0.39, 0.29) is 5.54 Å². The van der Waals surface area contributed by atoms with Crippen molar-refractivity contribution in [2.24, 2.45) is 0 Å². The number of hydrogen-bond donors (Lipinski definition) is 3. The highest BCUT2D eigenvalue weighted by atomic mass is 16.3. The number of pyridine rings is 1. The van der Waals surface area contributed by atoms with Crippen molar-refractivity contribution in [3.05, 3.63) is 29.6 Å². The quantitative estimate of drug-likeness (QED) is 0.757. The lowest BCUT2D eigenvalue weighted by atomic mass is 10.1. The number of rotatable bonds is 4. The van der Waals surface area contributed by atoms with E-state index < -0.39 is 11.7 Å². The van der Waals surface area contributed by atoms with Crippen LogP contribution in [0, 0.1) is 0 Å². The molecule has 0 aromatic carbocycles. The maximum Gasteiger partial charge on any atom is 0.108 e. The van der Waals surface area contributed by atoms with Crippen LogP contribution in [-0.4, -0.2) is 27.3 Å². The van der Waals surface area contributed by atoms with Gasteiger partial charge in [0.15, 0.2) is 0 Å². The van der Waals surface area contributed by atoms with E-state index in [1.165, 1.54) is 0 Å². The Morgan fingerprint density at radius 2 is 2.06 bits per heavy atom. The van der Waals surface area contributed by atoms with E-state index in [1.54, 1.807) is 6.07 Å². The van der Waals surface area contributed by atoms with E-state index in [0.29, 0.717) is 17.9 Å².